The molecule has 23 heavy (non-hydrogen) atoms. The van der Waals surface area contributed by atoms with Crippen molar-refractivity contribution in [3.8, 4) is 5.75 Å². The number of carboxylic acids is 1. The summed E-state index contributed by atoms with van der Waals surface area (Å²) in [6.07, 6.45) is 2.20. The number of thioether (sulfide) groups is 1. The van der Waals surface area contributed by atoms with Crippen molar-refractivity contribution < 1.29 is 19.4 Å². The summed E-state index contributed by atoms with van der Waals surface area (Å²) in [5.74, 6) is -0.248. The van der Waals surface area contributed by atoms with Gasteiger partial charge in [-0.25, -0.2) is 0 Å². The van der Waals surface area contributed by atoms with Crippen LogP contribution in [0.25, 0.3) is 6.08 Å². The lowest BCUT2D eigenvalue weighted by molar-refractivity contribution is -0.137. The lowest BCUT2D eigenvalue weighted by Crippen LogP contribution is -2.29. The molecule has 2 rings (SSSR count). The topological polar surface area (TPSA) is 66.8 Å². The molecule has 1 aromatic rings. The second kappa shape index (κ2) is 7.61. The van der Waals surface area contributed by atoms with E-state index in [2.05, 4.69) is 0 Å². The first kappa shape index (κ1) is 17.5. The molecule has 1 saturated heterocycles. The second-order valence-corrected chi connectivity index (χ2v) is 6.74. The average molecular weight is 351 g/mol. The van der Waals surface area contributed by atoms with Gasteiger partial charge in [0.2, 0.25) is 0 Å². The normalized spacial score (nSPS) is 16.3. The second-order valence-electron chi connectivity index (χ2n) is 5.06. The summed E-state index contributed by atoms with van der Waals surface area (Å²) in [6, 6.07) is 5.67. The van der Waals surface area contributed by atoms with Crippen LogP contribution < -0.4 is 4.74 Å². The molecule has 0 radical (unpaired) electrons. The zero-order chi connectivity index (χ0) is 17.0. The van der Waals surface area contributed by atoms with Crippen molar-refractivity contribution in [3.63, 3.8) is 0 Å². The van der Waals surface area contributed by atoms with Crippen molar-refractivity contribution in [1.82, 2.24) is 4.90 Å². The Kier molecular flexibility index (Phi) is 5.79. The minimum atomic E-state index is -0.875. The number of thiocarbonyl (C=S) groups is 1. The lowest BCUT2D eigenvalue weighted by Gasteiger charge is -2.13. The summed E-state index contributed by atoms with van der Waals surface area (Å²) in [7, 11) is 1.62. The number of carbonyl (C=O) groups is 2. The summed E-state index contributed by atoms with van der Waals surface area (Å²) < 4.78 is 5.69. The summed E-state index contributed by atoms with van der Waals surface area (Å²) in [5, 5.41) is 8.67. The molecule has 0 bridgehead atoms. The van der Waals surface area contributed by atoms with Crippen LogP contribution in [0.1, 0.15) is 24.0 Å². The highest BCUT2D eigenvalue weighted by Gasteiger charge is 2.31. The maximum Gasteiger partial charge on any atom is 0.303 e. The highest BCUT2D eigenvalue weighted by molar-refractivity contribution is 8.26. The minimum Gasteiger partial charge on any atom is -0.496 e. The number of benzene rings is 1. The van der Waals surface area contributed by atoms with Crippen molar-refractivity contribution >= 4 is 46.3 Å². The number of ether oxygens (including phenoxy) is 1. The van der Waals surface area contributed by atoms with Crippen molar-refractivity contribution in [3.05, 3.63) is 34.2 Å². The van der Waals surface area contributed by atoms with Crippen LogP contribution in [-0.4, -0.2) is 39.9 Å². The Morgan fingerprint density at radius 2 is 2.22 bits per heavy atom. The molecule has 0 aliphatic carbocycles. The van der Waals surface area contributed by atoms with E-state index in [1.165, 1.54) is 16.7 Å². The molecule has 1 amide bonds. The van der Waals surface area contributed by atoms with Crippen LogP contribution in [0, 0.1) is 6.92 Å². The smallest absolute Gasteiger partial charge is 0.303 e. The standard InChI is InChI=1S/C16H17NO4S2/c1-10-8-11(5-6-12(10)21-2)9-13-15(20)17(16(22)23-13)7-3-4-14(18)19/h5-6,8-9H,3-4,7H2,1-2H3,(H,18,19). The fourth-order valence-electron chi connectivity index (χ4n) is 2.22. The van der Waals surface area contributed by atoms with E-state index in [0.29, 0.717) is 22.2 Å². The third-order valence-electron chi connectivity index (χ3n) is 3.36. The molecule has 0 aromatic heterocycles. The van der Waals surface area contributed by atoms with E-state index < -0.39 is 5.97 Å². The quantitative estimate of drug-likeness (QED) is 0.628. The number of rotatable bonds is 6. The van der Waals surface area contributed by atoms with Crippen LogP contribution in [0.15, 0.2) is 23.1 Å². The summed E-state index contributed by atoms with van der Waals surface area (Å²) in [5.41, 5.74) is 1.88. The molecule has 1 fully saturated rings. The molecule has 0 atom stereocenters. The van der Waals surface area contributed by atoms with E-state index in [4.69, 9.17) is 22.1 Å². The first-order valence-electron chi connectivity index (χ1n) is 7.04. The zero-order valence-electron chi connectivity index (χ0n) is 12.9. The predicted molar refractivity (Wildman–Crippen MR) is 94.5 cm³/mol. The molecule has 1 aromatic carbocycles. The highest BCUT2D eigenvalue weighted by Crippen LogP contribution is 2.33. The van der Waals surface area contributed by atoms with Gasteiger partial charge in [0.25, 0.3) is 5.91 Å². The minimum absolute atomic E-state index is 0.0216. The van der Waals surface area contributed by atoms with E-state index in [0.717, 1.165) is 16.9 Å². The Bertz CT molecular complexity index is 685. The van der Waals surface area contributed by atoms with Crippen LogP contribution in [0.4, 0.5) is 0 Å². The van der Waals surface area contributed by atoms with Crippen LogP contribution in [0.2, 0.25) is 0 Å². The van der Waals surface area contributed by atoms with E-state index in [9.17, 15) is 9.59 Å². The Labute approximate surface area is 144 Å². The molecule has 1 aliphatic heterocycles. The molecule has 0 spiro atoms. The molecule has 0 saturated carbocycles. The SMILES string of the molecule is COc1ccc(C=C2SC(=S)N(CCCC(=O)O)C2=O)cc1C. The third-order valence-corrected chi connectivity index (χ3v) is 4.74. The van der Waals surface area contributed by atoms with Gasteiger partial charge in [0.15, 0.2) is 0 Å². The number of hydrogen-bond acceptors (Lipinski definition) is 5. The number of aryl methyl sites for hydroxylation is 1. The first-order valence-corrected chi connectivity index (χ1v) is 8.26. The summed E-state index contributed by atoms with van der Waals surface area (Å²) in [4.78, 5) is 25.0. The van der Waals surface area contributed by atoms with Crippen molar-refractivity contribution in [2.75, 3.05) is 13.7 Å². The highest BCUT2D eigenvalue weighted by atomic mass is 32.2. The van der Waals surface area contributed by atoms with Gasteiger partial charge in [-0.1, -0.05) is 30.0 Å². The van der Waals surface area contributed by atoms with Crippen LogP contribution in [-0.2, 0) is 9.59 Å². The molecule has 1 N–H and O–H groups in total. The fraction of sp³-hybridized carbons (Fsp3) is 0.312. The van der Waals surface area contributed by atoms with Crippen LogP contribution in [0.5, 0.6) is 5.75 Å². The van der Waals surface area contributed by atoms with Crippen molar-refractivity contribution in [2.45, 2.75) is 19.8 Å². The van der Waals surface area contributed by atoms with Gasteiger partial charge in [-0.3, -0.25) is 14.5 Å². The maximum atomic E-state index is 12.4. The first-order chi connectivity index (χ1) is 10.9. The Morgan fingerprint density at radius 3 is 2.83 bits per heavy atom. The molecule has 0 unspecified atom stereocenters. The number of carboxylic acid groups (broad SMARTS) is 1. The number of carbonyl (C=O) groups excluding carboxylic acids is 1. The molecule has 5 nitrogen and oxygen atoms in total. The number of methoxy groups -OCH3 is 1. The molecular formula is C16H17NO4S2. The van der Waals surface area contributed by atoms with Crippen LogP contribution >= 0.6 is 24.0 Å². The maximum absolute atomic E-state index is 12.4. The lowest BCUT2D eigenvalue weighted by atomic mass is 10.1. The van der Waals surface area contributed by atoms with Gasteiger partial charge < -0.3 is 9.84 Å². The molecular weight excluding hydrogens is 334 g/mol. The van der Waals surface area contributed by atoms with Gasteiger partial charge in [0.1, 0.15) is 10.1 Å². The molecule has 1 aliphatic rings. The fourth-order valence-corrected chi connectivity index (χ4v) is 3.53. The van der Waals surface area contributed by atoms with E-state index in [1.807, 2.05) is 25.1 Å². The monoisotopic (exact) mass is 351 g/mol. The van der Waals surface area contributed by atoms with Gasteiger partial charge in [-0.05, 0) is 42.7 Å². The molecule has 7 heteroatoms. The third kappa shape index (κ3) is 4.33. The molecule has 1 heterocycles. The van der Waals surface area contributed by atoms with Gasteiger partial charge >= 0.3 is 5.97 Å². The Morgan fingerprint density at radius 1 is 1.48 bits per heavy atom. The molecule has 122 valence electrons. The van der Waals surface area contributed by atoms with Gasteiger partial charge in [-0.15, -0.1) is 0 Å². The van der Waals surface area contributed by atoms with E-state index in [-0.39, 0.29) is 12.3 Å². The predicted octanol–water partition coefficient (Wildman–Crippen LogP) is 3.07. The van der Waals surface area contributed by atoms with Crippen molar-refractivity contribution in [1.29, 1.82) is 0 Å². The largest absolute Gasteiger partial charge is 0.496 e. The number of nitrogens with zero attached hydrogens (tertiary/aromatic N) is 1. The number of aliphatic carboxylic acids is 1. The van der Waals surface area contributed by atoms with Crippen molar-refractivity contribution in [2.24, 2.45) is 0 Å². The zero-order valence-corrected chi connectivity index (χ0v) is 14.5. The van der Waals surface area contributed by atoms with E-state index in [1.54, 1.807) is 13.2 Å². The van der Waals surface area contributed by atoms with Crippen LogP contribution in [0.3, 0.4) is 0 Å². The Balaban J connectivity index is 2.11. The van der Waals surface area contributed by atoms with Gasteiger partial charge in [0, 0.05) is 13.0 Å². The number of hydrogen-bond donors (Lipinski definition) is 1. The summed E-state index contributed by atoms with van der Waals surface area (Å²) >= 11 is 6.46. The van der Waals surface area contributed by atoms with E-state index >= 15 is 0 Å². The average Bonchev–Trinajstić information content (AvgIpc) is 2.74. The Hall–Kier alpha value is -1.86. The number of amides is 1. The van der Waals surface area contributed by atoms with Gasteiger partial charge in [0.05, 0.1) is 12.0 Å². The van der Waals surface area contributed by atoms with Gasteiger partial charge in [-0.2, -0.15) is 0 Å². The summed E-state index contributed by atoms with van der Waals surface area (Å²) in [6.45, 7) is 2.27.